The maximum atomic E-state index is 5.39. The van der Waals surface area contributed by atoms with E-state index in [2.05, 4.69) is 15.3 Å². The lowest BCUT2D eigenvalue weighted by molar-refractivity contribution is 0.415. The number of methoxy groups -OCH3 is 2. The smallest absolute Gasteiger partial charge is 0.134 e. The zero-order valence-corrected chi connectivity index (χ0v) is 13.0. The Hall–Kier alpha value is -3.08. The Labute approximate surface area is 134 Å². The molecule has 0 aliphatic heterocycles. The van der Waals surface area contributed by atoms with Crippen LogP contribution >= 0.6 is 0 Å². The van der Waals surface area contributed by atoms with E-state index >= 15 is 0 Å². The molecule has 0 radical (unpaired) electrons. The molecule has 0 spiro atoms. The van der Waals surface area contributed by atoms with Crippen LogP contribution in [0, 0.1) is 0 Å². The molecular formula is C18H17N3O2. The fourth-order valence-electron chi connectivity index (χ4n) is 2.28. The molecule has 1 heterocycles. The predicted molar refractivity (Wildman–Crippen MR) is 90.3 cm³/mol. The summed E-state index contributed by atoms with van der Waals surface area (Å²) in [7, 11) is 3.29. The molecule has 5 heteroatoms. The van der Waals surface area contributed by atoms with Crippen molar-refractivity contribution < 1.29 is 9.47 Å². The number of hydrogen-bond donors (Lipinski definition) is 1. The Morgan fingerprint density at radius 2 is 1.74 bits per heavy atom. The lowest BCUT2D eigenvalue weighted by atomic mass is 10.1. The molecule has 0 fully saturated rings. The first-order valence-corrected chi connectivity index (χ1v) is 7.16. The highest BCUT2D eigenvalue weighted by molar-refractivity contribution is 5.70. The van der Waals surface area contributed by atoms with Crippen molar-refractivity contribution >= 4 is 11.5 Å². The number of rotatable bonds is 5. The van der Waals surface area contributed by atoms with Gasteiger partial charge in [0.2, 0.25) is 0 Å². The van der Waals surface area contributed by atoms with Gasteiger partial charge >= 0.3 is 0 Å². The largest absolute Gasteiger partial charge is 0.497 e. The molecule has 5 nitrogen and oxygen atoms in total. The number of aromatic nitrogens is 2. The second-order valence-electron chi connectivity index (χ2n) is 4.85. The van der Waals surface area contributed by atoms with Gasteiger partial charge in [0, 0.05) is 23.4 Å². The van der Waals surface area contributed by atoms with E-state index in [1.807, 2.05) is 54.6 Å². The molecule has 3 aromatic rings. The van der Waals surface area contributed by atoms with Gasteiger partial charge in [-0.1, -0.05) is 18.2 Å². The minimum atomic E-state index is 0.703. The Balaban J connectivity index is 1.90. The number of nitrogens with zero attached hydrogens (tertiary/aromatic N) is 2. The fraction of sp³-hybridized carbons (Fsp3) is 0.111. The summed E-state index contributed by atoms with van der Waals surface area (Å²) < 4.78 is 10.6. The standard InChI is InChI=1S/C18H17N3O2/c1-22-14-7-5-6-13(10-14)21-18-11-16(19-12-20-18)15-8-3-4-9-17(15)23-2/h3-12H,1-2H3,(H,19,20,21). The summed E-state index contributed by atoms with van der Waals surface area (Å²) in [5.74, 6) is 2.27. The Morgan fingerprint density at radius 1 is 0.870 bits per heavy atom. The van der Waals surface area contributed by atoms with Crippen molar-refractivity contribution in [3.05, 3.63) is 60.9 Å². The highest BCUT2D eigenvalue weighted by atomic mass is 16.5. The van der Waals surface area contributed by atoms with E-state index in [1.54, 1.807) is 14.2 Å². The first-order valence-electron chi connectivity index (χ1n) is 7.16. The quantitative estimate of drug-likeness (QED) is 0.774. The van der Waals surface area contributed by atoms with E-state index < -0.39 is 0 Å². The van der Waals surface area contributed by atoms with Crippen molar-refractivity contribution in [3.8, 4) is 22.8 Å². The lowest BCUT2D eigenvalue weighted by Gasteiger charge is -2.10. The number of anilines is 2. The third-order valence-electron chi connectivity index (χ3n) is 3.39. The molecule has 3 rings (SSSR count). The molecule has 0 atom stereocenters. The van der Waals surface area contributed by atoms with Crippen LogP contribution in [0.1, 0.15) is 0 Å². The van der Waals surface area contributed by atoms with Crippen LogP contribution in [0.15, 0.2) is 60.9 Å². The van der Waals surface area contributed by atoms with Crippen LogP contribution in [0.4, 0.5) is 11.5 Å². The van der Waals surface area contributed by atoms with Crippen molar-refractivity contribution in [1.29, 1.82) is 0 Å². The monoisotopic (exact) mass is 307 g/mol. The third kappa shape index (κ3) is 3.40. The van der Waals surface area contributed by atoms with Crippen LogP contribution in [0.5, 0.6) is 11.5 Å². The van der Waals surface area contributed by atoms with Gasteiger partial charge in [0.05, 0.1) is 19.9 Å². The van der Waals surface area contributed by atoms with E-state index in [0.717, 1.165) is 28.4 Å². The molecule has 1 N–H and O–H groups in total. The van der Waals surface area contributed by atoms with Gasteiger partial charge < -0.3 is 14.8 Å². The molecular weight excluding hydrogens is 290 g/mol. The van der Waals surface area contributed by atoms with Gasteiger partial charge in [-0.2, -0.15) is 0 Å². The van der Waals surface area contributed by atoms with Crippen LogP contribution in [0.3, 0.4) is 0 Å². The molecule has 0 amide bonds. The van der Waals surface area contributed by atoms with Crippen molar-refractivity contribution in [2.45, 2.75) is 0 Å². The van der Waals surface area contributed by atoms with Gasteiger partial charge in [0.15, 0.2) is 0 Å². The normalized spacial score (nSPS) is 10.2. The van der Waals surface area contributed by atoms with Crippen molar-refractivity contribution in [2.75, 3.05) is 19.5 Å². The fourth-order valence-corrected chi connectivity index (χ4v) is 2.28. The van der Waals surface area contributed by atoms with Gasteiger partial charge in [-0.25, -0.2) is 9.97 Å². The third-order valence-corrected chi connectivity index (χ3v) is 3.39. The minimum Gasteiger partial charge on any atom is -0.497 e. The number of ether oxygens (including phenoxy) is 2. The second kappa shape index (κ2) is 6.79. The zero-order valence-electron chi connectivity index (χ0n) is 13.0. The van der Waals surface area contributed by atoms with Gasteiger partial charge in [-0.15, -0.1) is 0 Å². The number of hydrogen-bond acceptors (Lipinski definition) is 5. The number of benzene rings is 2. The summed E-state index contributed by atoms with van der Waals surface area (Å²) in [5.41, 5.74) is 2.61. The Morgan fingerprint density at radius 3 is 2.57 bits per heavy atom. The number of para-hydroxylation sites is 1. The molecule has 0 saturated heterocycles. The van der Waals surface area contributed by atoms with E-state index in [0.29, 0.717) is 5.82 Å². The summed E-state index contributed by atoms with van der Waals surface area (Å²) >= 11 is 0. The van der Waals surface area contributed by atoms with Crippen molar-refractivity contribution in [1.82, 2.24) is 9.97 Å². The molecule has 0 aliphatic carbocycles. The Kier molecular flexibility index (Phi) is 4.38. The molecule has 2 aromatic carbocycles. The van der Waals surface area contributed by atoms with E-state index in [9.17, 15) is 0 Å². The van der Waals surface area contributed by atoms with Crippen LogP contribution in [0.25, 0.3) is 11.3 Å². The maximum absolute atomic E-state index is 5.39. The zero-order chi connectivity index (χ0) is 16.1. The molecule has 0 saturated carbocycles. The average Bonchev–Trinajstić information content (AvgIpc) is 2.62. The SMILES string of the molecule is COc1cccc(Nc2cc(-c3ccccc3OC)ncn2)c1. The van der Waals surface area contributed by atoms with E-state index in [4.69, 9.17) is 9.47 Å². The van der Waals surface area contributed by atoms with Gasteiger partial charge in [-0.05, 0) is 24.3 Å². The topological polar surface area (TPSA) is 56.3 Å². The second-order valence-corrected chi connectivity index (χ2v) is 4.85. The van der Waals surface area contributed by atoms with Gasteiger partial charge in [-0.3, -0.25) is 0 Å². The maximum Gasteiger partial charge on any atom is 0.134 e. The highest BCUT2D eigenvalue weighted by Gasteiger charge is 2.08. The van der Waals surface area contributed by atoms with Crippen LogP contribution in [-0.4, -0.2) is 24.2 Å². The highest BCUT2D eigenvalue weighted by Crippen LogP contribution is 2.29. The minimum absolute atomic E-state index is 0.703. The summed E-state index contributed by atoms with van der Waals surface area (Å²) in [5, 5.41) is 3.25. The molecule has 1 aromatic heterocycles. The van der Waals surface area contributed by atoms with E-state index in [-0.39, 0.29) is 0 Å². The average molecular weight is 307 g/mol. The summed E-state index contributed by atoms with van der Waals surface area (Å²) in [6, 6.07) is 17.3. The molecule has 23 heavy (non-hydrogen) atoms. The summed E-state index contributed by atoms with van der Waals surface area (Å²) in [4.78, 5) is 8.61. The molecule has 0 unspecified atom stereocenters. The summed E-state index contributed by atoms with van der Waals surface area (Å²) in [6.07, 6.45) is 1.53. The molecule has 116 valence electrons. The van der Waals surface area contributed by atoms with Crippen molar-refractivity contribution in [3.63, 3.8) is 0 Å². The molecule has 0 bridgehead atoms. The van der Waals surface area contributed by atoms with Crippen molar-refractivity contribution in [2.24, 2.45) is 0 Å². The first kappa shape index (κ1) is 14.8. The Bertz CT molecular complexity index is 806. The van der Waals surface area contributed by atoms with Crippen LogP contribution in [0.2, 0.25) is 0 Å². The first-order chi connectivity index (χ1) is 11.3. The van der Waals surface area contributed by atoms with Gasteiger partial charge in [0.25, 0.3) is 0 Å². The van der Waals surface area contributed by atoms with E-state index in [1.165, 1.54) is 6.33 Å². The lowest BCUT2D eigenvalue weighted by Crippen LogP contribution is -1.97. The number of nitrogens with one attached hydrogen (secondary N) is 1. The van der Waals surface area contributed by atoms with Crippen LogP contribution in [-0.2, 0) is 0 Å². The van der Waals surface area contributed by atoms with Gasteiger partial charge in [0.1, 0.15) is 23.6 Å². The molecule has 0 aliphatic rings. The predicted octanol–water partition coefficient (Wildman–Crippen LogP) is 3.90. The van der Waals surface area contributed by atoms with Crippen LogP contribution < -0.4 is 14.8 Å². The summed E-state index contributed by atoms with van der Waals surface area (Å²) in [6.45, 7) is 0.